The standard InChI is InChI=1S/C20H23N3O4/c1-25-14-20(24)21-13-19-22-17-5-3-4-6-18(17)23(19)11-12-27-16-9-7-15(26-2)8-10-16/h3-10H,11-14H2,1-2H3,(H,21,24). The van der Waals surface area contributed by atoms with Crippen molar-refractivity contribution in [3.8, 4) is 11.5 Å². The second kappa shape index (κ2) is 9.05. The van der Waals surface area contributed by atoms with Gasteiger partial charge < -0.3 is 24.1 Å². The van der Waals surface area contributed by atoms with Crippen molar-refractivity contribution in [2.75, 3.05) is 27.4 Å². The molecule has 7 nitrogen and oxygen atoms in total. The summed E-state index contributed by atoms with van der Waals surface area (Å²) in [7, 11) is 3.12. The molecular weight excluding hydrogens is 346 g/mol. The van der Waals surface area contributed by atoms with Crippen LogP contribution in [0.1, 0.15) is 5.82 Å². The molecule has 142 valence electrons. The van der Waals surface area contributed by atoms with Crippen LogP contribution >= 0.6 is 0 Å². The van der Waals surface area contributed by atoms with Crippen molar-refractivity contribution in [2.24, 2.45) is 0 Å². The van der Waals surface area contributed by atoms with Crippen molar-refractivity contribution in [3.63, 3.8) is 0 Å². The van der Waals surface area contributed by atoms with Crippen molar-refractivity contribution in [3.05, 3.63) is 54.4 Å². The molecule has 0 saturated carbocycles. The van der Waals surface area contributed by atoms with E-state index in [1.54, 1.807) is 7.11 Å². The SMILES string of the molecule is COCC(=O)NCc1nc2ccccc2n1CCOc1ccc(OC)cc1. The lowest BCUT2D eigenvalue weighted by Gasteiger charge is -2.12. The van der Waals surface area contributed by atoms with Gasteiger partial charge in [0.15, 0.2) is 0 Å². The highest BCUT2D eigenvalue weighted by Crippen LogP contribution is 2.19. The van der Waals surface area contributed by atoms with Gasteiger partial charge in [-0.1, -0.05) is 12.1 Å². The Balaban J connectivity index is 1.69. The lowest BCUT2D eigenvalue weighted by Crippen LogP contribution is -2.28. The van der Waals surface area contributed by atoms with Crippen molar-refractivity contribution in [1.29, 1.82) is 0 Å². The van der Waals surface area contributed by atoms with E-state index in [1.807, 2.05) is 48.5 Å². The van der Waals surface area contributed by atoms with E-state index in [0.717, 1.165) is 28.4 Å². The van der Waals surface area contributed by atoms with Gasteiger partial charge in [-0.3, -0.25) is 4.79 Å². The number of carbonyl (C=O) groups is 1. The number of carbonyl (C=O) groups excluding carboxylic acids is 1. The largest absolute Gasteiger partial charge is 0.497 e. The van der Waals surface area contributed by atoms with Crippen LogP contribution in [0.2, 0.25) is 0 Å². The molecule has 7 heteroatoms. The number of methoxy groups -OCH3 is 2. The molecule has 1 N–H and O–H groups in total. The van der Waals surface area contributed by atoms with Gasteiger partial charge in [0.1, 0.15) is 30.5 Å². The Morgan fingerprint density at radius 3 is 2.56 bits per heavy atom. The Hall–Kier alpha value is -3.06. The van der Waals surface area contributed by atoms with E-state index in [0.29, 0.717) is 19.7 Å². The maximum absolute atomic E-state index is 11.7. The van der Waals surface area contributed by atoms with Gasteiger partial charge in [-0.05, 0) is 36.4 Å². The Kier molecular flexibility index (Phi) is 6.27. The third kappa shape index (κ3) is 4.77. The van der Waals surface area contributed by atoms with Crippen molar-refractivity contribution in [2.45, 2.75) is 13.1 Å². The lowest BCUT2D eigenvalue weighted by atomic mass is 10.3. The minimum absolute atomic E-state index is 0.0286. The molecule has 0 saturated heterocycles. The minimum Gasteiger partial charge on any atom is -0.497 e. The molecule has 2 aromatic carbocycles. The van der Waals surface area contributed by atoms with Crippen molar-refractivity contribution in [1.82, 2.24) is 14.9 Å². The van der Waals surface area contributed by atoms with E-state index in [2.05, 4.69) is 14.9 Å². The summed E-state index contributed by atoms with van der Waals surface area (Å²) >= 11 is 0. The van der Waals surface area contributed by atoms with Gasteiger partial charge in [-0.25, -0.2) is 4.98 Å². The van der Waals surface area contributed by atoms with Gasteiger partial charge in [0.2, 0.25) is 5.91 Å². The summed E-state index contributed by atoms with van der Waals surface area (Å²) in [6.45, 7) is 1.45. The lowest BCUT2D eigenvalue weighted by molar-refractivity contribution is -0.124. The number of hydrogen-bond acceptors (Lipinski definition) is 5. The number of nitrogens with one attached hydrogen (secondary N) is 1. The number of imidazole rings is 1. The molecule has 0 atom stereocenters. The fourth-order valence-electron chi connectivity index (χ4n) is 2.80. The first kappa shape index (κ1) is 18.7. The molecule has 1 amide bonds. The number of hydrogen-bond donors (Lipinski definition) is 1. The average Bonchev–Trinajstić information content (AvgIpc) is 3.05. The topological polar surface area (TPSA) is 74.6 Å². The van der Waals surface area contributed by atoms with Gasteiger partial charge in [0.05, 0.1) is 31.2 Å². The Morgan fingerprint density at radius 1 is 1.07 bits per heavy atom. The Morgan fingerprint density at radius 2 is 1.81 bits per heavy atom. The predicted octanol–water partition coefficient (Wildman–Crippen LogP) is 2.39. The molecular formula is C20H23N3O4. The van der Waals surface area contributed by atoms with Crippen LogP contribution in [0.4, 0.5) is 0 Å². The Labute approximate surface area is 157 Å². The molecule has 0 fully saturated rings. The molecule has 1 heterocycles. The fourth-order valence-corrected chi connectivity index (χ4v) is 2.80. The molecule has 0 spiro atoms. The van der Waals surface area contributed by atoms with Crippen LogP contribution < -0.4 is 14.8 Å². The zero-order valence-corrected chi connectivity index (χ0v) is 15.5. The number of rotatable bonds is 9. The number of benzene rings is 2. The summed E-state index contributed by atoms with van der Waals surface area (Å²) in [6, 6.07) is 15.3. The van der Waals surface area contributed by atoms with E-state index in [-0.39, 0.29) is 12.5 Å². The molecule has 0 aliphatic rings. The van der Waals surface area contributed by atoms with Crippen LogP contribution in [0, 0.1) is 0 Å². The fraction of sp³-hybridized carbons (Fsp3) is 0.300. The summed E-state index contributed by atoms with van der Waals surface area (Å²) in [4.78, 5) is 16.3. The highest BCUT2D eigenvalue weighted by molar-refractivity contribution is 5.78. The quantitative estimate of drug-likeness (QED) is 0.627. The summed E-state index contributed by atoms with van der Waals surface area (Å²) in [5.74, 6) is 2.16. The highest BCUT2D eigenvalue weighted by Gasteiger charge is 2.11. The molecule has 27 heavy (non-hydrogen) atoms. The summed E-state index contributed by atoms with van der Waals surface area (Å²) < 4.78 is 17.9. The molecule has 0 aliphatic carbocycles. The molecule has 3 rings (SSSR count). The second-order valence-corrected chi connectivity index (χ2v) is 5.90. The molecule has 0 radical (unpaired) electrons. The number of para-hydroxylation sites is 2. The van der Waals surface area contributed by atoms with Gasteiger partial charge in [0.25, 0.3) is 0 Å². The van der Waals surface area contributed by atoms with Crippen LogP contribution in [-0.4, -0.2) is 42.9 Å². The smallest absolute Gasteiger partial charge is 0.246 e. The number of amides is 1. The second-order valence-electron chi connectivity index (χ2n) is 5.90. The van der Waals surface area contributed by atoms with Crippen LogP contribution in [-0.2, 0) is 22.6 Å². The first-order valence-corrected chi connectivity index (χ1v) is 8.68. The molecule has 1 aromatic heterocycles. The van der Waals surface area contributed by atoms with Crippen molar-refractivity contribution >= 4 is 16.9 Å². The van der Waals surface area contributed by atoms with E-state index in [1.165, 1.54) is 7.11 Å². The third-order valence-corrected chi connectivity index (χ3v) is 4.10. The van der Waals surface area contributed by atoms with Gasteiger partial charge in [-0.15, -0.1) is 0 Å². The number of ether oxygens (including phenoxy) is 3. The van der Waals surface area contributed by atoms with Crippen LogP contribution in [0.25, 0.3) is 11.0 Å². The minimum atomic E-state index is -0.175. The zero-order chi connectivity index (χ0) is 19.1. The van der Waals surface area contributed by atoms with E-state index in [4.69, 9.17) is 14.2 Å². The summed E-state index contributed by atoms with van der Waals surface area (Å²) in [5.41, 5.74) is 1.89. The van der Waals surface area contributed by atoms with Crippen molar-refractivity contribution < 1.29 is 19.0 Å². The Bertz CT molecular complexity index is 890. The molecule has 3 aromatic rings. The molecule has 0 unspecified atom stereocenters. The first-order valence-electron chi connectivity index (χ1n) is 8.68. The van der Waals surface area contributed by atoms with E-state index >= 15 is 0 Å². The van der Waals surface area contributed by atoms with Crippen LogP contribution in [0.3, 0.4) is 0 Å². The molecule has 0 aliphatic heterocycles. The predicted molar refractivity (Wildman–Crippen MR) is 102 cm³/mol. The summed E-state index contributed by atoms with van der Waals surface area (Å²) in [5, 5.41) is 2.82. The van der Waals surface area contributed by atoms with Gasteiger partial charge in [-0.2, -0.15) is 0 Å². The highest BCUT2D eigenvalue weighted by atomic mass is 16.5. The number of fused-ring (bicyclic) bond motifs is 1. The van der Waals surface area contributed by atoms with Gasteiger partial charge >= 0.3 is 0 Å². The average molecular weight is 369 g/mol. The maximum Gasteiger partial charge on any atom is 0.246 e. The first-order chi connectivity index (χ1) is 13.2. The monoisotopic (exact) mass is 369 g/mol. The number of aromatic nitrogens is 2. The number of nitrogens with zero attached hydrogens (tertiary/aromatic N) is 2. The van der Waals surface area contributed by atoms with Crippen LogP contribution in [0.15, 0.2) is 48.5 Å². The van der Waals surface area contributed by atoms with E-state index in [9.17, 15) is 4.79 Å². The zero-order valence-electron chi connectivity index (χ0n) is 15.5. The van der Waals surface area contributed by atoms with Crippen LogP contribution in [0.5, 0.6) is 11.5 Å². The third-order valence-electron chi connectivity index (χ3n) is 4.10. The normalized spacial score (nSPS) is 10.7. The van der Waals surface area contributed by atoms with E-state index < -0.39 is 0 Å². The maximum atomic E-state index is 11.7. The molecule has 0 bridgehead atoms. The summed E-state index contributed by atoms with van der Waals surface area (Å²) in [6.07, 6.45) is 0. The van der Waals surface area contributed by atoms with Gasteiger partial charge in [0, 0.05) is 7.11 Å².